The van der Waals surface area contributed by atoms with Gasteiger partial charge in [0, 0.05) is 40.3 Å². The minimum absolute atomic E-state index is 0.119. The van der Waals surface area contributed by atoms with Crippen LogP contribution in [0.5, 0.6) is 0 Å². The molecule has 0 radical (unpaired) electrons. The number of methoxy groups -OCH3 is 2. The number of rotatable bonds is 8. The van der Waals surface area contributed by atoms with Gasteiger partial charge in [0.1, 0.15) is 5.78 Å². The molecule has 2 rings (SSSR count). The van der Waals surface area contributed by atoms with Crippen LogP contribution >= 0.6 is 0 Å². The Kier molecular flexibility index (Phi) is 30.4. The van der Waals surface area contributed by atoms with E-state index in [1.165, 1.54) is 11.1 Å². The highest BCUT2D eigenvalue weighted by atomic mass is 16.5. The summed E-state index contributed by atoms with van der Waals surface area (Å²) in [6.07, 6.45) is 3.47. The van der Waals surface area contributed by atoms with Crippen molar-refractivity contribution in [1.29, 1.82) is 0 Å². The molecule has 3 nitrogen and oxygen atoms in total. The van der Waals surface area contributed by atoms with Gasteiger partial charge in [-0.3, -0.25) is 4.79 Å². The second-order valence-electron chi connectivity index (χ2n) is 6.38. The number of hydrogen-bond acceptors (Lipinski definition) is 3. The Hall–Kier alpha value is -1.97. The molecule has 0 fully saturated rings. The van der Waals surface area contributed by atoms with Crippen LogP contribution in [0.2, 0.25) is 0 Å². The standard InChI is InChI=1S/C19H22O.C3H8O.C2H6O.2C2H6/c1-16(15-18-11-6-3-7-12-18)19(20)14-8-13-17-9-4-2-5-10-17;1-3-4-2;1-3-2;2*1-2/h2-7,9-12,16H,8,13-15H2,1H3;3H2,1-2H3;1-2H3;2*1-2H3. The highest BCUT2D eigenvalue weighted by Crippen LogP contribution is 2.13. The van der Waals surface area contributed by atoms with E-state index in [0.717, 1.165) is 25.9 Å². The summed E-state index contributed by atoms with van der Waals surface area (Å²) in [6, 6.07) is 20.6. The van der Waals surface area contributed by atoms with Crippen LogP contribution in [0.3, 0.4) is 0 Å². The van der Waals surface area contributed by atoms with Crippen LogP contribution in [0.4, 0.5) is 0 Å². The largest absolute Gasteiger partial charge is 0.388 e. The Labute approximate surface area is 193 Å². The van der Waals surface area contributed by atoms with Gasteiger partial charge in [0.25, 0.3) is 0 Å². The van der Waals surface area contributed by atoms with Gasteiger partial charge in [-0.15, -0.1) is 0 Å². The maximum absolute atomic E-state index is 12.1. The van der Waals surface area contributed by atoms with Crippen molar-refractivity contribution in [3.05, 3.63) is 71.8 Å². The van der Waals surface area contributed by atoms with E-state index in [9.17, 15) is 4.79 Å². The molecule has 3 heteroatoms. The van der Waals surface area contributed by atoms with Crippen LogP contribution in [0.15, 0.2) is 60.7 Å². The van der Waals surface area contributed by atoms with Crippen molar-refractivity contribution in [2.24, 2.45) is 5.92 Å². The molecule has 0 aromatic heterocycles. The third-order valence-corrected chi connectivity index (χ3v) is 3.95. The van der Waals surface area contributed by atoms with Gasteiger partial charge in [-0.05, 0) is 37.3 Å². The molecule has 0 aliphatic heterocycles. The summed E-state index contributed by atoms with van der Waals surface area (Å²) in [5, 5.41) is 0. The predicted octanol–water partition coefficient (Wildman–Crippen LogP) is 7.42. The van der Waals surface area contributed by atoms with Gasteiger partial charge in [-0.1, -0.05) is 95.3 Å². The minimum atomic E-state index is 0.119. The summed E-state index contributed by atoms with van der Waals surface area (Å²) in [4.78, 5) is 12.1. The molecule has 0 aliphatic rings. The maximum atomic E-state index is 12.1. The number of ether oxygens (including phenoxy) is 2. The van der Waals surface area contributed by atoms with Crippen molar-refractivity contribution in [3.63, 3.8) is 0 Å². The number of hydrogen-bond donors (Lipinski definition) is 0. The van der Waals surface area contributed by atoms with Gasteiger partial charge in [-0.25, -0.2) is 0 Å². The van der Waals surface area contributed by atoms with E-state index in [0.29, 0.717) is 12.2 Å². The van der Waals surface area contributed by atoms with Crippen LogP contribution in [-0.2, 0) is 27.1 Å². The topological polar surface area (TPSA) is 35.5 Å². The second kappa shape index (κ2) is 28.0. The maximum Gasteiger partial charge on any atom is 0.136 e. The zero-order valence-electron chi connectivity index (χ0n) is 21.6. The van der Waals surface area contributed by atoms with E-state index in [1.54, 1.807) is 21.3 Å². The first kappa shape index (κ1) is 33.7. The number of aryl methyl sites for hydroxylation is 1. The molecule has 0 N–H and O–H groups in total. The van der Waals surface area contributed by atoms with Gasteiger partial charge in [0.05, 0.1) is 0 Å². The van der Waals surface area contributed by atoms with Crippen molar-refractivity contribution < 1.29 is 14.3 Å². The quantitative estimate of drug-likeness (QED) is 0.435. The first-order chi connectivity index (χ1) is 15.1. The number of carbonyl (C=O) groups is 1. The smallest absolute Gasteiger partial charge is 0.136 e. The number of Topliss-reactive ketones (excluding diaryl/α,β-unsaturated/α-hetero) is 1. The van der Waals surface area contributed by atoms with E-state index in [1.807, 2.05) is 65.8 Å². The van der Waals surface area contributed by atoms with Crippen molar-refractivity contribution in [1.82, 2.24) is 0 Å². The molecule has 31 heavy (non-hydrogen) atoms. The lowest BCUT2D eigenvalue weighted by Crippen LogP contribution is -2.13. The Bertz CT molecular complexity index is 565. The summed E-state index contributed by atoms with van der Waals surface area (Å²) in [6.45, 7) is 12.8. The summed E-state index contributed by atoms with van der Waals surface area (Å²) in [7, 11) is 4.93. The molecule has 0 saturated carbocycles. The monoisotopic (exact) mass is 432 g/mol. The number of ketones is 1. The lowest BCUT2D eigenvalue weighted by molar-refractivity contribution is -0.122. The van der Waals surface area contributed by atoms with E-state index < -0.39 is 0 Å². The van der Waals surface area contributed by atoms with Crippen LogP contribution in [-0.4, -0.2) is 33.7 Å². The van der Waals surface area contributed by atoms with E-state index >= 15 is 0 Å². The molecular weight excluding hydrogens is 384 g/mol. The number of carbonyl (C=O) groups excluding carboxylic acids is 1. The highest BCUT2D eigenvalue weighted by molar-refractivity contribution is 5.80. The Morgan fingerprint density at radius 3 is 1.58 bits per heavy atom. The average molecular weight is 433 g/mol. The Morgan fingerprint density at radius 1 is 0.806 bits per heavy atom. The van der Waals surface area contributed by atoms with Gasteiger partial charge in [0.2, 0.25) is 0 Å². The SMILES string of the molecule is CC.CC.CC(Cc1ccccc1)C(=O)CCCc1ccccc1.CCOC.COC. The average Bonchev–Trinajstić information content (AvgIpc) is 2.83. The van der Waals surface area contributed by atoms with E-state index in [4.69, 9.17) is 0 Å². The minimum Gasteiger partial charge on any atom is -0.388 e. The van der Waals surface area contributed by atoms with Gasteiger partial charge in [0.15, 0.2) is 0 Å². The van der Waals surface area contributed by atoms with Crippen molar-refractivity contribution in [3.8, 4) is 0 Å². The van der Waals surface area contributed by atoms with E-state index in [2.05, 4.69) is 45.9 Å². The molecule has 1 unspecified atom stereocenters. The summed E-state index contributed by atoms with van der Waals surface area (Å²) in [5.41, 5.74) is 2.56. The second-order valence-corrected chi connectivity index (χ2v) is 6.38. The molecule has 178 valence electrons. The molecular formula is C28H48O3. The van der Waals surface area contributed by atoms with Crippen LogP contribution in [0.25, 0.3) is 0 Å². The highest BCUT2D eigenvalue weighted by Gasteiger charge is 2.12. The first-order valence-corrected chi connectivity index (χ1v) is 11.6. The summed E-state index contributed by atoms with van der Waals surface area (Å²) >= 11 is 0. The molecule has 0 bridgehead atoms. The fourth-order valence-corrected chi connectivity index (χ4v) is 2.44. The van der Waals surface area contributed by atoms with Crippen molar-refractivity contribution in [2.75, 3.05) is 27.9 Å². The Morgan fingerprint density at radius 2 is 1.19 bits per heavy atom. The van der Waals surface area contributed by atoms with Crippen LogP contribution in [0, 0.1) is 5.92 Å². The van der Waals surface area contributed by atoms with Gasteiger partial charge < -0.3 is 9.47 Å². The molecule has 0 spiro atoms. The molecule has 2 aromatic carbocycles. The van der Waals surface area contributed by atoms with E-state index in [-0.39, 0.29) is 5.92 Å². The molecule has 0 heterocycles. The predicted molar refractivity (Wildman–Crippen MR) is 137 cm³/mol. The third-order valence-electron chi connectivity index (χ3n) is 3.95. The van der Waals surface area contributed by atoms with Crippen LogP contribution in [0.1, 0.15) is 65.5 Å². The van der Waals surface area contributed by atoms with Gasteiger partial charge >= 0.3 is 0 Å². The summed E-state index contributed by atoms with van der Waals surface area (Å²) < 4.78 is 8.79. The Balaban J connectivity index is -0.000000605. The normalized spacial score (nSPS) is 9.71. The molecule has 1 atom stereocenters. The molecule has 0 amide bonds. The molecule has 0 saturated heterocycles. The van der Waals surface area contributed by atoms with Crippen molar-refractivity contribution >= 4 is 5.78 Å². The first-order valence-electron chi connectivity index (χ1n) is 11.6. The fourth-order valence-electron chi connectivity index (χ4n) is 2.44. The lowest BCUT2D eigenvalue weighted by atomic mass is 9.93. The molecule has 2 aromatic rings. The summed E-state index contributed by atoms with van der Waals surface area (Å²) in [5.74, 6) is 0.498. The third kappa shape index (κ3) is 22.5. The number of benzene rings is 2. The zero-order chi connectivity index (χ0) is 24.3. The van der Waals surface area contributed by atoms with Crippen molar-refractivity contribution in [2.45, 2.75) is 67.2 Å². The van der Waals surface area contributed by atoms with Crippen LogP contribution < -0.4 is 0 Å². The van der Waals surface area contributed by atoms with Gasteiger partial charge in [-0.2, -0.15) is 0 Å². The fraction of sp³-hybridized carbons (Fsp3) is 0.536. The molecule has 0 aliphatic carbocycles. The zero-order valence-corrected chi connectivity index (χ0v) is 21.6. The lowest BCUT2D eigenvalue weighted by Gasteiger charge is -2.10.